The summed E-state index contributed by atoms with van der Waals surface area (Å²) in [4.78, 5) is 0. The van der Waals surface area contributed by atoms with Crippen LogP contribution in [0.4, 0.5) is 13.2 Å². The highest BCUT2D eigenvalue weighted by Gasteiger charge is 2.31. The number of fused-ring (bicyclic) bond motifs is 6. The van der Waals surface area contributed by atoms with Crippen molar-refractivity contribution in [3.8, 4) is 62.0 Å². The Kier molecular flexibility index (Phi) is 9.79. The van der Waals surface area contributed by atoms with Gasteiger partial charge in [0.15, 0.2) is 0 Å². The Labute approximate surface area is 387 Å². The van der Waals surface area contributed by atoms with Crippen molar-refractivity contribution >= 4 is 43.6 Å². The SMILES string of the molecule is Cc1cc(C)cc(-c2ccc3c(c2)c2ccccc2n3-c2ccc(-c3ccc(C(F)(F)F)cc3C)cc2-c2ccc(C#N)cc2-n2c3ccccc3c3cc(-c4cc(C)cc(C)c4)ccc32)c1. The zero-order chi connectivity index (χ0) is 46.3. The summed E-state index contributed by atoms with van der Waals surface area (Å²) in [6.07, 6.45) is -4.47. The molecule has 0 bridgehead atoms. The van der Waals surface area contributed by atoms with Gasteiger partial charge in [0.25, 0.3) is 0 Å². The van der Waals surface area contributed by atoms with E-state index < -0.39 is 11.7 Å². The van der Waals surface area contributed by atoms with E-state index in [2.05, 4.69) is 170 Å². The number of hydrogen-bond acceptors (Lipinski definition) is 1. The maximum atomic E-state index is 14.0. The van der Waals surface area contributed by atoms with Crippen molar-refractivity contribution < 1.29 is 13.2 Å². The van der Waals surface area contributed by atoms with Gasteiger partial charge < -0.3 is 9.13 Å². The smallest absolute Gasteiger partial charge is 0.309 e. The Morgan fingerprint density at radius 2 is 0.881 bits per heavy atom. The zero-order valence-corrected chi connectivity index (χ0v) is 37.7. The third-order valence-corrected chi connectivity index (χ3v) is 13.2. The lowest BCUT2D eigenvalue weighted by Crippen LogP contribution is -2.05. The van der Waals surface area contributed by atoms with Gasteiger partial charge in [-0.15, -0.1) is 0 Å². The fourth-order valence-electron chi connectivity index (χ4n) is 10.4. The lowest BCUT2D eigenvalue weighted by molar-refractivity contribution is -0.137. The predicted molar refractivity (Wildman–Crippen MR) is 270 cm³/mol. The van der Waals surface area contributed by atoms with Crippen LogP contribution in [0.5, 0.6) is 0 Å². The first-order valence-corrected chi connectivity index (χ1v) is 22.4. The van der Waals surface area contributed by atoms with E-state index in [9.17, 15) is 18.4 Å². The number of alkyl halides is 3. The van der Waals surface area contributed by atoms with Crippen molar-refractivity contribution in [3.05, 3.63) is 215 Å². The minimum Gasteiger partial charge on any atom is -0.309 e. The third-order valence-electron chi connectivity index (χ3n) is 13.2. The first-order chi connectivity index (χ1) is 32.3. The number of para-hydroxylation sites is 2. The number of benzene rings is 9. The molecule has 6 heteroatoms. The monoisotopic (exact) mass is 875 g/mol. The lowest BCUT2D eigenvalue weighted by Gasteiger charge is -2.20. The van der Waals surface area contributed by atoms with Crippen molar-refractivity contribution in [2.24, 2.45) is 0 Å². The Morgan fingerprint density at radius 3 is 1.40 bits per heavy atom. The lowest BCUT2D eigenvalue weighted by atomic mass is 9.92. The van der Waals surface area contributed by atoms with Crippen LogP contribution in [0.2, 0.25) is 0 Å². The van der Waals surface area contributed by atoms with Gasteiger partial charge in [0.2, 0.25) is 0 Å². The molecule has 0 N–H and O–H groups in total. The molecule has 9 aromatic carbocycles. The van der Waals surface area contributed by atoms with Crippen LogP contribution < -0.4 is 0 Å². The second kappa shape index (κ2) is 15.8. The van der Waals surface area contributed by atoms with Crippen LogP contribution in [-0.4, -0.2) is 9.13 Å². The van der Waals surface area contributed by atoms with Crippen LogP contribution in [0.3, 0.4) is 0 Å². The summed E-state index contributed by atoms with van der Waals surface area (Å²) in [6.45, 7) is 10.2. The van der Waals surface area contributed by atoms with Crippen LogP contribution in [0.15, 0.2) is 176 Å². The van der Waals surface area contributed by atoms with Gasteiger partial charge in [0.1, 0.15) is 0 Å². The summed E-state index contributed by atoms with van der Waals surface area (Å²) < 4.78 is 46.5. The van der Waals surface area contributed by atoms with E-state index in [1.807, 2.05) is 30.3 Å². The highest BCUT2D eigenvalue weighted by molar-refractivity contribution is 6.13. The van der Waals surface area contributed by atoms with Crippen LogP contribution >= 0.6 is 0 Å². The minimum atomic E-state index is -4.47. The second-order valence-corrected chi connectivity index (χ2v) is 18.0. The number of hydrogen-bond donors (Lipinski definition) is 0. The Bertz CT molecular complexity index is 3830. The molecule has 11 rings (SSSR count). The van der Waals surface area contributed by atoms with Gasteiger partial charge >= 0.3 is 6.18 Å². The molecule has 0 atom stereocenters. The van der Waals surface area contributed by atoms with Gasteiger partial charge in [-0.3, -0.25) is 0 Å². The molecule has 0 amide bonds. The summed E-state index contributed by atoms with van der Waals surface area (Å²) >= 11 is 0. The molecular weight excluding hydrogens is 832 g/mol. The van der Waals surface area contributed by atoms with Crippen molar-refractivity contribution in [2.75, 3.05) is 0 Å². The van der Waals surface area contributed by atoms with Crippen LogP contribution in [0.25, 0.3) is 99.5 Å². The van der Waals surface area contributed by atoms with Gasteiger partial charge in [-0.2, -0.15) is 18.4 Å². The van der Waals surface area contributed by atoms with Crippen molar-refractivity contribution in [1.82, 2.24) is 9.13 Å². The molecule has 2 heterocycles. The summed E-state index contributed by atoms with van der Waals surface area (Å²) in [6, 6.07) is 61.7. The Hall–Kier alpha value is -8.14. The molecule has 0 saturated carbocycles. The Morgan fingerprint density at radius 1 is 0.388 bits per heavy atom. The summed E-state index contributed by atoms with van der Waals surface area (Å²) in [5, 5.41) is 14.8. The molecular formula is C61H44F3N3. The normalized spacial score (nSPS) is 11.9. The van der Waals surface area contributed by atoms with Gasteiger partial charge in [-0.05, 0) is 146 Å². The minimum absolute atomic E-state index is 0.503. The number of aryl methyl sites for hydroxylation is 5. The molecule has 11 aromatic rings. The van der Waals surface area contributed by atoms with Gasteiger partial charge in [-0.1, -0.05) is 125 Å². The van der Waals surface area contributed by atoms with E-state index in [1.54, 1.807) is 13.0 Å². The molecule has 2 aromatic heterocycles. The van der Waals surface area contributed by atoms with Gasteiger partial charge in [-0.25, -0.2) is 0 Å². The Balaban J connectivity index is 1.21. The fraction of sp³-hybridized carbons (Fsp3) is 0.0984. The molecule has 0 radical (unpaired) electrons. The largest absolute Gasteiger partial charge is 0.416 e. The average Bonchev–Trinajstić information content (AvgIpc) is 3.82. The first-order valence-electron chi connectivity index (χ1n) is 22.4. The molecule has 0 aliphatic rings. The number of nitriles is 1. The van der Waals surface area contributed by atoms with Crippen molar-refractivity contribution in [2.45, 2.75) is 40.8 Å². The first kappa shape index (κ1) is 41.6. The van der Waals surface area contributed by atoms with Crippen LogP contribution in [-0.2, 0) is 6.18 Å². The van der Waals surface area contributed by atoms with Crippen LogP contribution in [0, 0.1) is 45.9 Å². The molecule has 324 valence electrons. The van der Waals surface area contributed by atoms with Crippen molar-refractivity contribution in [3.63, 3.8) is 0 Å². The zero-order valence-electron chi connectivity index (χ0n) is 37.7. The highest BCUT2D eigenvalue weighted by atomic mass is 19.4. The van der Waals surface area contributed by atoms with E-state index >= 15 is 0 Å². The summed E-state index contributed by atoms with van der Waals surface area (Å²) in [5.74, 6) is 0. The van der Waals surface area contributed by atoms with E-state index in [0.29, 0.717) is 16.7 Å². The second-order valence-electron chi connectivity index (χ2n) is 18.0. The molecule has 0 spiro atoms. The average molecular weight is 876 g/mol. The predicted octanol–water partition coefficient (Wildman–Crippen LogP) is 17.0. The summed E-state index contributed by atoms with van der Waals surface area (Å²) in [7, 11) is 0. The number of rotatable bonds is 6. The third kappa shape index (κ3) is 7.15. The van der Waals surface area contributed by atoms with E-state index in [4.69, 9.17) is 0 Å². The van der Waals surface area contributed by atoms with Crippen molar-refractivity contribution in [1.29, 1.82) is 5.26 Å². The number of nitrogens with zero attached hydrogens (tertiary/aromatic N) is 3. The maximum Gasteiger partial charge on any atom is 0.416 e. The number of halogens is 3. The number of aromatic nitrogens is 2. The molecule has 0 aliphatic carbocycles. The molecule has 0 aliphatic heterocycles. The molecule has 0 saturated heterocycles. The topological polar surface area (TPSA) is 33.6 Å². The molecule has 67 heavy (non-hydrogen) atoms. The summed E-state index contributed by atoms with van der Waals surface area (Å²) in [5.41, 5.74) is 18.6. The standard InChI is InChI=1S/C61H44F3N3/c1-36-24-37(2)27-45(26-36)42-15-21-57-52(32-42)49-10-6-8-12-55(49)66(57)58-23-17-44(48-20-18-47(30-40(48)5)61(62,63)64)34-54(58)51-19-14-41(35-65)31-60(51)67-56-13-9-7-11-50(56)53-33-43(16-22-59(53)67)46-28-38(3)25-39(4)29-46/h6-34H,1-5H3. The van der Waals surface area contributed by atoms with E-state index in [1.165, 1.54) is 28.3 Å². The van der Waals surface area contributed by atoms with Gasteiger partial charge in [0, 0.05) is 32.7 Å². The van der Waals surface area contributed by atoms with Gasteiger partial charge in [0.05, 0.1) is 50.6 Å². The quantitative estimate of drug-likeness (QED) is 0.164. The van der Waals surface area contributed by atoms with E-state index in [0.717, 1.165) is 100.0 Å². The molecule has 3 nitrogen and oxygen atoms in total. The van der Waals surface area contributed by atoms with E-state index in [-0.39, 0.29) is 0 Å². The maximum absolute atomic E-state index is 14.0. The highest BCUT2D eigenvalue weighted by Crippen LogP contribution is 2.44. The van der Waals surface area contributed by atoms with Crippen LogP contribution in [0.1, 0.15) is 38.9 Å². The molecule has 0 fully saturated rings. The fourth-order valence-corrected chi connectivity index (χ4v) is 10.4. The molecule has 0 unspecified atom stereocenters.